The minimum absolute atomic E-state index is 0.000316. The quantitative estimate of drug-likeness (QED) is 0.509. The zero-order valence-corrected chi connectivity index (χ0v) is 19.5. The molecule has 2 saturated heterocycles. The number of fused-ring (bicyclic) bond motifs is 7. The zero-order valence-electron chi connectivity index (χ0n) is 19.5. The molecule has 0 aromatic heterocycles. The van der Waals surface area contributed by atoms with Gasteiger partial charge in [-0.2, -0.15) is 0 Å². The van der Waals surface area contributed by atoms with Crippen LogP contribution in [0.15, 0.2) is 0 Å². The van der Waals surface area contributed by atoms with Crippen LogP contribution in [0, 0.1) is 52.3 Å². The van der Waals surface area contributed by atoms with Crippen molar-refractivity contribution in [1.29, 1.82) is 0 Å². The molecule has 4 aliphatic carbocycles. The molecule has 0 aromatic carbocycles. The van der Waals surface area contributed by atoms with Gasteiger partial charge in [-0.25, -0.2) is 0 Å². The lowest BCUT2D eigenvalue weighted by atomic mass is 9.44. The number of nitrogens with one attached hydrogen (secondary N) is 1. The van der Waals surface area contributed by atoms with Gasteiger partial charge in [0.25, 0.3) is 0 Å². The first kappa shape index (κ1) is 19.6. The summed E-state index contributed by atoms with van der Waals surface area (Å²) in [5.74, 6) is 6.23. The van der Waals surface area contributed by atoms with Crippen LogP contribution in [0.25, 0.3) is 0 Å². The van der Waals surface area contributed by atoms with Crippen molar-refractivity contribution in [1.82, 2.24) is 5.32 Å². The van der Waals surface area contributed by atoms with Gasteiger partial charge in [0.15, 0.2) is 0 Å². The standard InChI is InChI=1S/C27H45NO/c1-17-10-14-27(28-16-17)18(2)24-23(29-27)15-22-20-9-8-19-7-5-6-12-25(19,3)21(20)11-13-26(22,24)4/h17-24,28H,5-16H2,1-4H3. The molecule has 11 atom stereocenters. The molecule has 0 aromatic rings. The summed E-state index contributed by atoms with van der Waals surface area (Å²) in [5, 5.41) is 3.91. The highest BCUT2D eigenvalue weighted by Crippen LogP contribution is 2.71. The van der Waals surface area contributed by atoms with E-state index in [1.54, 1.807) is 0 Å². The molecule has 6 aliphatic rings. The lowest BCUT2D eigenvalue weighted by Crippen LogP contribution is -2.57. The Kier molecular flexibility index (Phi) is 4.37. The smallest absolute Gasteiger partial charge is 0.122 e. The zero-order chi connectivity index (χ0) is 20.0. The van der Waals surface area contributed by atoms with E-state index in [2.05, 4.69) is 33.0 Å². The van der Waals surface area contributed by atoms with Gasteiger partial charge >= 0.3 is 0 Å². The number of hydrogen-bond acceptors (Lipinski definition) is 2. The number of hydrogen-bond donors (Lipinski definition) is 1. The summed E-state index contributed by atoms with van der Waals surface area (Å²) in [6.07, 6.45) is 16.5. The third-order valence-electron chi connectivity index (χ3n) is 12.1. The average Bonchev–Trinajstić information content (AvgIpc) is 3.15. The van der Waals surface area contributed by atoms with Crippen molar-refractivity contribution in [2.24, 2.45) is 52.3 Å². The molecule has 11 unspecified atom stereocenters. The van der Waals surface area contributed by atoms with Crippen LogP contribution in [0.1, 0.15) is 98.3 Å². The van der Waals surface area contributed by atoms with Crippen LogP contribution in [0.2, 0.25) is 0 Å². The minimum Gasteiger partial charge on any atom is -0.357 e. The molecule has 1 spiro atoms. The molecule has 0 amide bonds. The fourth-order valence-electron chi connectivity index (χ4n) is 10.5. The minimum atomic E-state index is -0.000316. The van der Waals surface area contributed by atoms with Crippen molar-refractivity contribution in [2.45, 2.75) is 110 Å². The molecule has 2 heterocycles. The molecule has 29 heavy (non-hydrogen) atoms. The summed E-state index contributed by atoms with van der Waals surface area (Å²) >= 11 is 0. The van der Waals surface area contributed by atoms with Crippen LogP contribution < -0.4 is 5.32 Å². The van der Waals surface area contributed by atoms with E-state index in [1.807, 2.05) is 0 Å². The van der Waals surface area contributed by atoms with Crippen LogP contribution in [0.4, 0.5) is 0 Å². The van der Waals surface area contributed by atoms with E-state index in [0.717, 1.165) is 42.1 Å². The second-order valence-corrected chi connectivity index (χ2v) is 13.1. The van der Waals surface area contributed by atoms with Gasteiger partial charge < -0.3 is 4.74 Å². The van der Waals surface area contributed by atoms with Gasteiger partial charge in [-0.15, -0.1) is 0 Å². The van der Waals surface area contributed by atoms with Crippen molar-refractivity contribution < 1.29 is 4.74 Å². The molecule has 2 heteroatoms. The maximum absolute atomic E-state index is 7.03. The molecule has 6 rings (SSSR count). The monoisotopic (exact) mass is 399 g/mol. The largest absolute Gasteiger partial charge is 0.357 e. The highest BCUT2D eigenvalue weighted by Gasteiger charge is 2.68. The fraction of sp³-hybridized carbons (Fsp3) is 1.00. The normalized spacial score (nSPS) is 61.7. The highest BCUT2D eigenvalue weighted by molar-refractivity contribution is 5.16. The van der Waals surface area contributed by atoms with E-state index in [-0.39, 0.29) is 5.72 Å². The molecule has 164 valence electrons. The Bertz CT molecular complexity index is 653. The molecule has 0 bridgehead atoms. The molecule has 4 saturated carbocycles. The Hall–Kier alpha value is -0.0800. The first-order valence-corrected chi connectivity index (χ1v) is 13.3. The van der Waals surface area contributed by atoms with E-state index in [9.17, 15) is 0 Å². The summed E-state index contributed by atoms with van der Waals surface area (Å²) < 4.78 is 7.03. The number of rotatable bonds is 0. The number of piperidine rings is 1. The van der Waals surface area contributed by atoms with Crippen molar-refractivity contribution in [3.8, 4) is 0 Å². The second kappa shape index (κ2) is 6.47. The average molecular weight is 400 g/mol. The van der Waals surface area contributed by atoms with E-state index in [1.165, 1.54) is 70.6 Å². The molecular weight excluding hydrogens is 354 g/mol. The van der Waals surface area contributed by atoms with Crippen molar-refractivity contribution in [3.63, 3.8) is 0 Å². The van der Waals surface area contributed by atoms with Gasteiger partial charge in [0, 0.05) is 12.5 Å². The number of ether oxygens (including phenoxy) is 1. The molecule has 0 radical (unpaired) electrons. The van der Waals surface area contributed by atoms with Crippen LogP contribution in [0.5, 0.6) is 0 Å². The van der Waals surface area contributed by atoms with Gasteiger partial charge in [0.1, 0.15) is 5.72 Å². The van der Waals surface area contributed by atoms with Gasteiger partial charge in [-0.3, -0.25) is 5.32 Å². The second-order valence-electron chi connectivity index (χ2n) is 13.1. The van der Waals surface area contributed by atoms with Gasteiger partial charge in [-0.05, 0) is 104 Å². The van der Waals surface area contributed by atoms with Gasteiger partial charge in [0.2, 0.25) is 0 Å². The lowest BCUT2D eigenvalue weighted by molar-refractivity contribution is -0.132. The Morgan fingerprint density at radius 1 is 0.828 bits per heavy atom. The topological polar surface area (TPSA) is 21.3 Å². The summed E-state index contributed by atoms with van der Waals surface area (Å²) in [5.41, 5.74) is 1.19. The Balaban J connectivity index is 1.27. The summed E-state index contributed by atoms with van der Waals surface area (Å²) in [4.78, 5) is 0. The third kappa shape index (κ3) is 2.54. The molecule has 2 nitrogen and oxygen atoms in total. The van der Waals surface area contributed by atoms with E-state index in [0.29, 0.717) is 22.9 Å². The van der Waals surface area contributed by atoms with Crippen LogP contribution in [0.3, 0.4) is 0 Å². The first-order chi connectivity index (χ1) is 13.9. The Labute approximate surface area is 179 Å². The van der Waals surface area contributed by atoms with Gasteiger partial charge in [-0.1, -0.05) is 40.5 Å². The van der Waals surface area contributed by atoms with Crippen LogP contribution in [-0.4, -0.2) is 18.4 Å². The molecule has 6 fully saturated rings. The van der Waals surface area contributed by atoms with Crippen molar-refractivity contribution >= 4 is 0 Å². The predicted molar refractivity (Wildman–Crippen MR) is 118 cm³/mol. The summed E-state index contributed by atoms with van der Waals surface area (Å²) in [6, 6.07) is 0. The maximum Gasteiger partial charge on any atom is 0.122 e. The van der Waals surface area contributed by atoms with Crippen molar-refractivity contribution in [2.75, 3.05) is 6.54 Å². The fourth-order valence-corrected chi connectivity index (χ4v) is 10.5. The lowest BCUT2D eigenvalue weighted by Gasteiger charge is -2.61. The van der Waals surface area contributed by atoms with Crippen LogP contribution in [-0.2, 0) is 4.74 Å². The maximum atomic E-state index is 7.03. The Morgan fingerprint density at radius 2 is 1.69 bits per heavy atom. The van der Waals surface area contributed by atoms with E-state index < -0.39 is 0 Å². The van der Waals surface area contributed by atoms with Gasteiger partial charge in [0.05, 0.1) is 6.10 Å². The van der Waals surface area contributed by atoms with Crippen LogP contribution >= 0.6 is 0 Å². The molecular formula is C27H45NO. The first-order valence-electron chi connectivity index (χ1n) is 13.3. The summed E-state index contributed by atoms with van der Waals surface area (Å²) in [6.45, 7) is 11.5. The SMILES string of the molecule is CC1CCC2(NC1)OC1CC3C4CCC5CCCCC5(C)C4CCC3(C)C1C2C. The molecule has 1 N–H and O–H groups in total. The van der Waals surface area contributed by atoms with E-state index in [4.69, 9.17) is 4.74 Å². The molecule has 2 aliphatic heterocycles. The third-order valence-corrected chi connectivity index (χ3v) is 12.1. The van der Waals surface area contributed by atoms with Crippen molar-refractivity contribution in [3.05, 3.63) is 0 Å². The summed E-state index contributed by atoms with van der Waals surface area (Å²) in [7, 11) is 0. The highest BCUT2D eigenvalue weighted by atomic mass is 16.5. The van der Waals surface area contributed by atoms with E-state index >= 15 is 0 Å². The predicted octanol–water partition coefficient (Wildman–Crippen LogP) is 6.40. The Morgan fingerprint density at radius 3 is 2.48 bits per heavy atom.